The maximum absolute atomic E-state index is 9.76. The molecule has 4 rings (SSSR count). The highest BCUT2D eigenvalue weighted by Gasteiger charge is 2.41. The Morgan fingerprint density at radius 2 is 1.59 bits per heavy atom. The van der Waals surface area contributed by atoms with Crippen LogP contribution in [0.15, 0.2) is 72.8 Å². The van der Waals surface area contributed by atoms with Crippen LogP contribution in [0.5, 0.6) is 0 Å². The molecular formula is C25H26N2. The minimum Gasteiger partial charge on any atom is -0.299 e. The lowest BCUT2D eigenvalue weighted by Gasteiger charge is -2.44. The van der Waals surface area contributed by atoms with Crippen LogP contribution in [0.3, 0.4) is 0 Å². The standard InChI is InChI=1S/C25H26N2/c1-20(18-26)25(24-12-11-22-9-5-6-10-23(22)17-24)13-15-27(16-14-25)19-21-7-3-2-4-8-21/h2-12,17,20H,13-16,19H2,1H3. The van der Waals surface area contributed by atoms with Crippen LogP contribution in [0, 0.1) is 17.2 Å². The molecule has 1 atom stereocenters. The first kappa shape index (κ1) is 17.8. The Kier molecular flexibility index (Phi) is 4.97. The fourth-order valence-corrected chi connectivity index (χ4v) is 4.55. The summed E-state index contributed by atoms with van der Waals surface area (Å²) in [5.41, 5.74) is 2.64. The number of benzene rings is 3. The average Bonchev–Trinajstić information content (AvgIpc) is 2.74. The number of piperidine rings is 1. The summed E-state index contributed by atoms with van der Waals surface area (Å²) in [4.78, 5) is 2.53. The maximum atomic E-state index is 9.76. The van der Waals surface area contributed by atoms with Gasteiger partial charge in [0.2, 0.25) is 0 Å². The van der Waals surface area contributed by atoms with Crippen LogP contribution < -0.4 is 0 Å². The van der Waals surface area contributed by atoms with Crippen LogP contribution in [-0.2, 0) is 12.0 Å². The van der Waals surface area contributed by atoms with E-state index in [1.807, 2.05) is 0 Å². The van der Waals surface area contributed by atoms with E-state index in [9.17, 15) is 5.26 Å². The zero-order chi connectivity index (χ0) is 18.7. The van der Waals surface area contributed by atoms with Crippen molar-refractivity contribution in [3.8, 4) is 6.07 Å². The van der Waals surface area contributed by atoms with Crippen molar-refractivity contribution in [2.75, 3.05) is 13.1 Å². The molecule has 2 heteroatoms. The van der Waals surface area contributed by atoms with E-state index < -0.39 is 0 Å². The van der Waals surface area contributed by atoms with E-state index in [1.165, 1.54) is 21.9 Å². The number of rotatable bonds is 4. The second-order valence-electron chi connectivity index (χ2n) is 7.83. The first-order valence-corrected chi connectivity index (χ1v) is 9.86. The van der Waals surface area contributed by atoms with Crippen LogP contribution in [0.4, 0.5) is 0 Å². The molecule has 0 saturated carbocycles. The van der Waals surface area contributed by atoms with Gasteiger partial charge in [-0.25, -0.2) is 0 Å². The maximum Gasteiger partial charge on any atom is 0.0662 e. The molecule has 0 amide bonds. The third-order valence-electron chi connectivity index (χ3n) is 6.34. The number of nitrogens with zero attached hydrogens (tertiary/aromatic N) is 2. The molecule has 1 fully saturated rings. The molecule has 136 valence electrons. The van der Waals surface area contributed by atoms with E-state index in [0.29, 0.717) is 0 Å². The molecule has 0 spiro atoms. The molecule has 0 bridgehead atoms. The van der Waals surface area contributed by atoms with Crippen molar-refractivity contribution in [1.82, 2.24) is 4.90 Å². The summed E-state index contributed by atoms with van der Waals surface area (Å²) in [6, 6.07) is 28.5. The van der Waals surface area contributed by atoms with Gasteiger partial charge in [0.25, 0.3) is 0 Å². The largest absolute Gasteiger partial charge is 0.299 e. The SMILES string of the molecule is CC(C#N)C1(c2ccc3ccccc3c2)CCN(Cc2ccccc2)CC1. The minimum atomic E-state index is -0.0496. The Balaban J connectivity index is 1.59. The quantitative estimate of drug-likeness (QED) is 0.615. The normalized spacial score (nSPS) is 18.1. The molecule has 2 nitrogen and oxygen atoms in total. The van der Waals surface area contributed by atoms with Gasteiger partial charge in [-0.15, -0.1) is 0 Å². The molecule has 3 aromatic rings. The first-order chi connectivity index (χ1) is 13.2. The van der Waals surface area contributed by atoms with Crippen molar-refractivity contribution in [3.05, 3.63) is 83.9 Å². The second kappa shape index (κ2) is 7.55. The Morgan fingerprint density at radius 1 is 0.926 bits per heavy atom. The molecule has 0 N–H and O–H groups in total. The Morgan fingerprint density at radius 3 is 2.30 bits per heavy atom. The number of fused-ring (bicyclic) bond motifs is 1. The predicted molar refractivity (Wildman–Crippen MR) is 111 cm³/mol. The second-order valence-corrected chi connectivity index (χ2v) is 7.83. The summed E-state index contributed by atoms with van der Waals surface area (Å²) in [6.07, 6.45) is 2.07. The molecule has 1 saturated heterocycles. The Labute approximate surface area is 162 Å². The lowest BCUT2D eigenvalue weighted by atomic mass is 9.65. The Bertz CT molecular complexity index is 947. The lowest BCUT2D eigenvalue weighted by molar-refractivity contribution is 0.131. The predicted octanol–water partition coefficient (Wildman–Crippen LogP) is 5.53. The minimum absolute atomic E-state index is 0.0116. The first-order valence-electron chi connectivity index (χ1n) is 9.86. The van der Waals surface area contributed by atoms with Crippen molar-refractivity contribution >= 4 is 10.8 Å². The van der Waals surface area contributed by atoms with E-state index in [0.717, 1.165) is 32.5 Å². The number of nitriles is 1. The molecule has 0 radical (unpaired) electrons. The molecule has 27 heavy (non-hydrogen) atoms. The summed E-state index contributed by atoms with van der Waals surface area (Å²) >= 11 is 0. The monoisotopic (exact) mass is 354 g/mol. The van der Waals surface area contributed by atoms with Crippen molar-refractivity contribution < 1.29 is 0 Å². The summed E-state index contributed by atoms with van der Waals surface area (Å²) in [5, 5.41) is 12.3. The van der Waals surface area contributed by atoms with Gasteiger partial charge in [0.05, 0.1) is 12.0 Å². The molecule has 1 aliphatic heterocycles. The summed E-state index contributed by atoms with van der Waals surface area (Å²) in [6.45, 7) is 5.17. The third kappa shape index (κ3) is 3.48. The van der Waals surface area contributed by atoms with Gasteiger partial charge in [0, 0.05) is 12.0 Å². The summed E-state index contributed by atoms with van der Waals surface area (Å²) < 4.78 is 0. The highest BCUT2D eigenvalue weighted by Crippen LogP contribution is 2.43. The molecule has 1 unspecified atom stereocenters. The Hall–Kier alpha value is -2.63. The number of hydrogen-bond donors (Lipinski definition) is 0. The smallest absolute Gasteiger partial charge is 0.0662 e. The van der Waals surface area contributed by atoms with Gasteiger partial charge in [-0.05, 0) is 54.8 Å². The van der Waals surface area contributed by atoms with Crippen molar-refractivity contribution in [1.29, 1.82) is 5.26 Å². The van der Waals surface area contributed by atoms with Crippen molar-refractivity contribution in [2.45, 2.75) is 31.7 Å². The molecular weight excluding hydrogens is 328 g/mol. The van der Waals surface area contributed by atoms with Gasteiger partial charge < -0.3 is 0 Å². The van der Waals surface area contributed by atoms with Crippen molar-refractivity contribution in [2.24, 2.45) is 5.92 Å². The van der Waals surface area contributed by atoms with E-state index in [2.05, 4.69) is 90.7 Å². The number of likely N-dealkylation sites (tertiary alicyclic amines) is 1. The van der Waals surface area contributed by atoms with Gasteiger partial charge >= 0.3 is 0 Å². The van der Waals surface area contributed by atoms with Gasteiger partial charge in [0.15, 0.2) is 0 Å². The molecule has 0 aliphatic carbocycles. The fraction of sp³-hybridized carbons (Fsp3) is 0.320. The van der Waals surface area contributed by atoms with Gasteiger partial charge in [-0.2, -0.15) is 5.26 Å². The van der Waals surface area contributed by atoms with Gasteiger partial charge in [-0.3, -0.25) is 4.90 Å². The van der Waals surface area contributed by atoms with Crippen LogP contribution in [-0.4, -0.2) is 18.0 Å². The molecule has 1 aliphatic rings. The van der Waals surface area contributed by atoms with Gasteiger partial charge in [0.1, 0.15) is 0 Å². The fourth-order valence-electron chi connectivity index (χ4n) is 4.55. The van der Waals surface area contributed by atoms with E-state index in [-0.39, 0.29) is 11.3 Å². The average molecular weight is 354 g/mol. The van der Waals surface area contributed by atoms with E-state index in [4.69, 9.17) is 0 Å². The van der Waals surface area contributed by atoms with Crippen LogP contribution in [0.1, 0.15) is 30.9 Å². The van der Waals surface area contributed by atoms with Crippen molar-refractivity contribution in [3.63, 3.8) is 0 Å². The van der Waals surface area contributed by atoms with Crippen LogP contribution in [0.2, 0.25) is 0 Å². The van der Waals surface area contributed by atoms with E-state index in [1.54, 1.807) is 0 Å². The van der Waals surface area contributed by atoms with Gasteiger partial charge in [-0.1, -0.05) is 72.8 Å². The molecule has 0 aromatic heterocycles. The number of hydrogen-bond acceptors (Lipinski definition) is 2. The van der Waals surface area contributed by atoms with Crippen LogP contribution >= 0.6 is 0 Å². The zero-order valence-corrected chi connectivity index (χ0v) is 15.9. The summed E-state index contributed by atoms with van der Waals surface area (Å²) in [5.74, 6) is 0.0116. The third-order valence-corrected chi connectivity index (χ3v) is 6.34. The summed E-state index contributed by atoms with van der Waals surface area (Å²) in [7, 11) is 0. The lowest BCUT2D eigenvalue weighted by Crippen LogP contribution is -2.45. The highest BCUT2D eigenvalue weighted by molar-refractivity contribution is 5.83. The van der Waals surface area contributed by atoms with Crippen LogP contribution in [0.25, 0.3) is 10.8 Å². The molecule has 3 aromatic carbocycles. The van der Waals surface area contributed by atoms with E-state index >= 15 is 0 Å². The zero-order valence-electron chi connectivity index (χ0n) is 15.9. The highest BCUT2D eigenvalue weighted by atomic mass is 15.1. The molecule has 1 heterocycles. The topological polar surface area (TPSA) is 27.0 Å².